The minimum atomic E-state index is -0.905. The molecule has 1 aromatic rings. The van der Waals surface area contributed by atoms with Crippen molar-refractivity contribution in [2.45, 2.75) is 38.4 Å². The highest BCUT2D eigenvalue weighted by Gasteiger charge is 2.25. The first-order valence-corrected chi connectivity index (χ1v) is 7.30. The average molecular weight is 284 g/mol. The molecular formula is C13H20N2O3S. The maximum Gasteiger partial charge on any atom is 0.273 e. The molecule has 1 N–H and O–H groups in total. The maximum absolute atomic E-state index is 12.2. The smallest absolute Gasteiger partial charge is 0.273 e. The van der Waals surface area contributed by atoms with Gasteiger partial charge in [0.25, 0.3) is 5.91 Å². The van der Waals surface area contributed by atoms with Crippen LogP contribution >= 0.6 is 11.3 Å². The summed E-state index contributed by atoms with van der Waals surface area (Å²) in [5.41, 5.74) is -0.472. The normalized spacial score (nSPS) is 19.7. The van der Waals surface area contributed by atoms with Gasteiger partial charge in [-0.1, -0.05) is 0 Å². The minimum Gasteiger partial charge on any atom is -0.389 e. The Morgan fingerprint density at radius 3 is 3.00 bits per heavy atom. The number of rotatable bonds is 4. The van der Waals surface area contributed by atoms with Crippen molar-refractivity contribution in [1.29, 1.82) is 0 Å². The van der Waals surface area contributed by atoms with Gasteiger partial charge in [0.1, 0.15) is 16.8 Å². The molecule has 1 aromatic heterocycles. The van der Waals surface area contributed by atoms with Crippen LogP contribution in [0.1, 0.15) is 48.3 Å². The Morgan fingerprint density at radius 1 is 1.68 bits per heavy atom. The van der Waals surface area contributed by atoms with Crippen molar-refractivity contribution in [1.82, 2.24) is 9.88 Å². The second-order valence-electron chi connectivity index (χ2n) is 5.55. The fourth-order valence-corrected chi connectivity index (χ4v) is 3.03. The van der Waals surface area contributed by atoms with Gasteiger partial charge in [-0.25, -0.2) is 4.98 Å². The van der Waals surface area contributed by atoms with E-state index in [1.165, 1.54) is 16.2 Å². The van der Waals surface area contributed by atoms with E-state index in [0.29, 0.717) is 5.69 Å². The molecule has 0 saturated carbocycles. The van der Waals surface area contributed by atoms with Crippen molar-refractivity contribution >= 4 is 17.2 Å². The molecule has 6 heteroatoms. The molecule has 0 bridgehead atoms. The van der Waals surface area contributed by atoms with E-state index in [2.05, 4.69) is 4.98 Å². The third-order valence-corrected chi connectivity index (χ3v) is 3.85. The van der Waals surface area contributed by atoms with Gasteiger partial charge in [0.15, 0.2) is 0 Å². The Morgan fingerprint density at radius 2 is 2.42 bits per heavy atom. The van der Waals surface area contributed by atoms with Crippen LogP contribution in [0.25, 0.3) is 0 Å². The van der Waals surface area contributed by atoms with Crippen molar-refractivity contribution in [3.63, 3.8) is 0 Å². The van der Waals surface area contributed by atoms with E-state index in [4.69, 9.17) is 4.74 Å². The summed E-state index contributed by atoms with van der Waals surface area (Å²) in [7, 11) is 1.67. The van der Waals surface area contributed by atoms with Crippen LogP contribution in [-0.2, 0) is 4.74 Å². The number of thiazole rings is 1. The Kier molecular flexibility index (Phi) is 4.23. The summed E-state index contributed by atoms with van der Waals surface area (Å²) in [5, 5.41) is 12.4. The third kappa shape index (κ3) is 3.75. The topological polar surface area (TPSA) is 62.7 Å². The molecule has 19 heavy (non-hydrogen) atoms. The van der Waals surface area contributed by atoms with Gasteiger partial charge in [-0.15, -0.1) is 11.3 Å². The zero-order chi connectivity index (χ0) is 14.0. The molecule has 2 rings (SSSR count). The van der Waals surface area contributed by atoms with Crippen LogP contribution in [0.15, 0.2) is 5.38 Å². The van der Waals surface area contributed by atoms with E-state index < -0.39 is 5.60 Å². The van der Waals surface area contributed by atoms with E-state index in [0.717, 1.165) is 24.5 Å². The monoisotopic (exact) mass is 284 g/mol. The molecule has 106 valence electrons. The van der Waals surface area contributed by atoms with Gasteiger partial charge < -0.3 is 14.7 Å². The number of carbonyl (C=O) groups is 1. The Labute approximate surface area is 117 Å². The summed E-state index contributed by atoms with van der Waals surface area (Å²) in [6.45, 7) is 4.40. The lowest BCUT2D eigenvalue weighted by Crippen LogP contribution is -2.39. The largest absolute Gasteiger partial charge is 0.389 e. The molecule has 0 radical (unpaired) electrons. The van der Waals surface area contributed by atoms with Crippen molar-refractivity contribution in [2.24, 2.45) is 0 Å². The number of carbonyl (C=O) groups excluding carboxylic acids is 1. The summed E-state index contributed by atoms with van der Waals surface area (Å²) < 4.78 is 5.56. The maximum atomic E-state index is 12.2. The number of likely N-dealkylation sites (N-methyl/N-ethyl adjacent to an activating group) is 1. The van der Waals surface area contributed by atoms with E-state index in [9.17, 15) is 9.90 Å². The molecule has 1 unspecified atom stereocenters. The summed E-state index contributed by atoms with van der Waals surface area (Å²) >= 11 is 1.46. The quantitative estimate of drug-likeness (QED) is 0.916. The van der Waals surface area contributed by atoms with Crippen LogP contribution in [0.5, 0.6) is 0 Å². The average Bonchev–Trinajstić information content (AvgIpc) is 2.96. The van der Waals surface area contributed by atoms with Crippen LogP contribution < -0.4 is 0 Å². The number of nitrogens with zero attached hydrogens (tertiary/aromatic N) is 2. The van der Waals surface area contributed by atoms with E-state index in [1.807, 2.05) is 0 Å². The zero-order valence-electron chi connectivity index (χ0n) is 11.5. The van der Waals surface area contributed by atoms with E-state index in [1.54, 1.807) is 26.3 Å². The number of hydrogen-bond donors (Lipinski definition) is 1. The highest BCUT2D eigenvalue weighted by molar-refractivity contribution is 7.09. The number of amides is 1. The molecule has 0 aromatic carbocycles. The van der Waals surface area contributed by atoms with Gasteiger partial charge in [-0.2, -0.15) is 0 Å². The Hall–Kier alpha value is -0.980. The molecule has 1 amide bonds. The van der Waals surface area contributed by atoms with Gasteiger partial charge in [0.05, 0.1) is 5.60 Å². The van der Waals surface area contributed by atoms with Gasteiger partial charge in [0.2, 0.25) is 0 Å². The van der Waals surface area contributed by atoms with Gasteiger partial charge in [-0.3, -0.25) is 4.79 Å². The Bertz CT molecular complexity index is 447. The lowest BCUT2D eigenvalue weighted by Gasteiger charge is -2.24. The lowest BCUT2D eigenvalue weighted by molar-refractivity contribution is 0.0364. The fourth-order valence-electron chi connectivity index (χ4n) is 2.15. The standard InChI is InChI=1S/C13H20N2O3S/c1-13(2,17)8-15(3)12(16)9-7-19-11(14-9)10-5-4-6-18-10/h7,10,17H,4-6,8H2,1-3H3. The van der Waals surface area contributed by atoms with Crippen LogP contribution in [-0.4, -0.2) is 46.7 Å². The van der Waals surface area contributed by atoms with E-state index in [-0.39, 0.29) is 18.6 Å². The number of aliphatic hydroxyl groups is 1. The number of hydrogen-bond acceptors (Lipinski definition) is 5. The summed E-state index contributed by atoms with van der Waals surface area (Å²) in [6, 6.07) is 0. The van der Waals surface area contributed by atoms with Gasteiger partial charge >= 0.3 is 0 Å². The summed E-state index contributed by atoms with van der Waals surface area (Å²) in [4.78, 5) is 18.0. The highest BCUT2D eigenvalue weighted by atomic mass is 32.1. The SMILES string of the molecule is CN(CC(C)(C)O)C(=O)c1csc(C2CCCO2)n1. The van der Waals surface area contributed by atoms with E-state index >= 15 is 0 Å². The van der Waals surface area contributed by atoms with Crippen LogP contribution in [0.4, 0.5) is 0 Å². The predicted octanol–water partition coefficient (Wildman–Crippen LogP) is 1.84. The van der Waals surface area contributed by atoms with Crippen molar-refractivity contribution < 1.29 is 14.6 Å². The van der Waals surface area contributed by atoms with Crippen molar-refractivity contribution in [2.75, 3.05) is 20.2 Å². The molecule has 1 saturated heterocycles. The molecule has 2 heterocycles. The number of aromatic nitrogens is 1. The molecule has 0 spiro atoms. The molecule has 1 fully saturated rings. The molecule has 1 atom stereocenters. The third-order valence-electron chi connectivity index (χ3n) is 2.92. The van der Waals surface area contributed by atoms with Crippen LogP contribution in [0.2, 0.25) is 0 Å². The van der Waals surface area contributed by atoms with Gasteiger partial charge in [0, 0.05) is 25.6 Å². The molecule has 5 nitrogen and oxygen atoms in total. The molecule has 0 aliphatic carbocycles. The van der Waals surface area contributed by atoms with Crippen molar-refractivity contribution in [3.05, 3.63) is 16.1 Å². The first-order valence-electron chi connectivity index (χ1n) is 6.42. The van der Waals surface area contributed by atoms with Crippen molar-refractivity contribution in [3.8, 4) is 0 Å². The molecule has 1 aliphatic rings. The summed E-state index contributed by atoms with van der Waals surface area (Å²) in [6.07, 6.45) is 2.07. The predicted molar refractivity (Wildman–Crippen MR) is 73.3 cm³/mol. The Balaban J connectivity index is 2.03. The highest BCUT2D eigenvalue weighted by Crippen LogP contribution is 2.30. The van der Waals surface area contributed by atoms with Crippen LogP contribution in [0.3, 0.4) is 0 Å². The van der Waals surface area contributed by atoms with Gasteiger partial charge in [-0.05, 0) is 26.7 Å². The molecular weight excluding hydrogens is 264 g/mol. The first-order chi connectivity index (χ1) is 8.87. The number of ether oxygens (including phenoxy) is 1. The summed E-state index contributed by atoms with van der Waals surface area (Å²) in [5.74, 6) is -0.164. The molecule has 1 aliphatic heterocycles. The lowest BCUT2D eigenvalue weighted by atomic mass is 10.1. The minimum absolute atomic E-state index is 0.0474. The first kappa shape index (κ1) is 14.4. The fraction of sp³-hybridized carbons (Fsp3) is 0.692. The second-order valence-corrected chi connectivity index (χ2v) is 6.44. The second kappa shape index (κ2) is 5.56. The van der Waals surface area contributed by atoms with Crippen LogP contribution in [0, 0.1) is 0 Å². The zero-order valence-corrected chi connectivity index (χ0v) is 12.4.